The maximum Gasteiger partial charge on any atom is 0.253 e. The number of nitrogens with one attached hydrogen (secondary N) is 1. The van der Waals surface area contributed by atoms with Crippen LogP contribution in [0.15, 0.2) is 64.5 Å². The minimum Gasteiger partial charge on any atom is -0.497 e. The Bertz CT molecular complexity index is 1190. The van der Waals surface area contributed by atoms with Gasteiger partial charge in [0.15, 0.2) is 0 Å². The highest BCUT2D eigenvalue weighted by molar-refractivity contribution is 7.89. The molecule has 2 aromatic carbocycles. The molecule has 0 saturated carbocycles. The van der Waals surface area contributed by atoms with Crippen LogP contribution in [-0.4, -0.2) is 38.7 Å². The minimum absolute atomic E-state index is 0.0124. The summed E-state index contributed by atoms with van der Waals surface area (Å²) in [7, 11) is -0.926. The number of ether oxygens (including phenoxy) is 2. The molecule has 0 aliphatic rings. The highest BCUT2D eigenvalue weighted by atomic mass is 35.5. The highest BCUT2D eigenvalue weighted by Crippen LogP contribution is 2.26. The average Bonchev–Trinajstić information content (AvgIpc) is 2.75. The van der Waals surface area contributed by atoms with E-state index in [2.05, 4.69) is 9.71 Å². The molecule has 0 spiro atoms. The number of sulfonamides is 1. The number of hydrogen-bond donors (Lipinski definition) is 1. The van der Waals surface area contributed by atoms with Crippen molar-refractivity contribution in [2.24, 2.45) is 0 Å². The first-order valence-electron chi connectivity index (χ1n) is 8.88. The first-order chi connectivity index (χ1) is 14.3. The van der Waals surface area contributed by atoms with Crippen LogP contribution in [0, 0.1) is 0 Å². The van der Waals surface area contributed by atoms with Crippen molar-refractivity contribution in [2.45, 2.75) is 11.4 Å². The number of methoxy groups -OCH3 is 2. The third-order valence-corrected chi connectivity index (χ3v) is 6.04. The Labute approximate surface area is 179 Å². The van der Waals surface area contributed by atoms with Gasteiger partial charge in [-0.15, -0.1) is 0 Å². The van der Waals surface area contributed by atoms with E-state index in [9.17, 15) is 13.2 Å². The summed E-state index contributed by atoms with van der Waals surface area (Å²) >= 11 is 5.90. The van der Waals surface area contributed by atoms with E-state index >= 15 is 0 Å². The van der Waals surface area contributed by atoms with Crippen molar-refractivity contribution in [3.05, 3.63) is 70.2 Å². The van der Waals surface area contributed by atoms with Gasteiger partial charge in [0.25, 0.3) is 5.56 Å². The number of rotatable bonds is 8. The molecular formula is C20H20ClN3O5S. The second kappa shape index (κ2) is 9.29. The van der Waals surface area contributed by atoms with Crippen LogP contribution in [0.1, 0.15) is 0 Å². The van der Waals surface area contributed by atoms with Crippen molar-refractivity contribution in [2.75, 3.05) is 20.8 Å². The molecule has 3 aromatic rings. The molecule has 1 N–H and O–H groups in total. The van der Waals surface area contributed by atoms with Gasteiger partial charge in [0.1, 0.15) is 16.4 Å². The Morgan fingerprint density at radius 3 is 2.43 bits per heavy atom. The molecule has 1 heterocycles. The molecule has 0 atom stereocenters. The van der Waals surface area contributed by atoms with E-state index in [1.165, 1.54) is 42.3 Å². The number of nitrogens with zero attached hydrogens (tertiary/aromatic N) is 2. The van der Waals surface area contributed by atoms with E-state index in [0.29, 0.717) is 11.4 Å². The van der Waals surface area contributed by atoms with E-state index in [-0.39, 0.29) is 34.3 Å². The van der Waals surface area contributed by atoms with Crippen LogP contribution in [-0.2, 0) is 16.6 Å². The molecule has 1 aromatic heterocycles. The second-order valence-electron chi connectivity index (χ2n) is 6.23. The lowest BCUT2D eigenvalue weighted by Gasteiger charge is -2.12. The van der Waals surface area contributed by atoms with Gasteiger partial charge in [-0.2, -0.15) is 0 Å². The van der Waals surface area contributed by atoms with Crippen LogP contribution in [0.4, 0.5) is 0 Å². The van der Waals surface area contributed by atoms with E-state index < -0.39 is 10.0 Å². The average molecular weight is 450 g/mol. The summed E-state index contributed by atoms with van der Waals surface area (Å²) in [5.41, 5.74) is 0.993. The predicted octanol–water partition coefficient (Wildman–Crippen LogP) is 2.56. The highest BCUT2D eigenvalue weighted by Gasteiger charge is 2.19. The molecule has 158 valence electrons. The molecule has 0 unspecified atom stereocenters. The Hall–Kier alpha value is -2.88. The Morgan fingerprint density at radius 1 is 1.07 bits per heavy atom. The molecule has 3 rings (SSSR count). The topological polar surface area (TPSA) is 99.5 Å². The van der Waals surface area contributed by atoms with Crippen LogP contribution < -0.4 is 19.8 Å². The molecule has 0 aliphatic carbocycles. The van der Waals surface area contributed by atoms with E-state index in [4.69, 9.17) is 21.1 Å². The zero-order chi connectivity index (χ0) is 21.7. The molecule has 0 amide bonds. The first kappa shape index (κ1) is 21.8. The maximum absolute atomic E-state index is 12.6. The fourth-order valence-electron chi connectivity index (χ4n) is 2.75. The Balaban J connectivity index is 1.70. The Morgan fingerprint density at radius 2 is 1.80 bits per heavy atom. The normalized spacial score (nSPS) is 11.3. The van der Waals surface area contributed by atoms with E-state index in [0.717, 1.165) is 5.56 Å². The summed E-state index contributed by atoms with van der Waals surface area (Å²) in [5.74, 6) is 0.880. The van der Waals surface area contributed by atoms with Crippen molar-refractivity contribution >= 4 is 21.6 Å². The first-order valence-corrected chi connectivity index (χ1v) is 10.7. The summed E-state index contributed by atoms with van der Waals surface area (Å²) in [4.78, 5) is 16.6. The molecular weight excluding hydrogens is 430 g/mol. The molecule has 0 fully saturated rings. The summed E-state index contributed by atoms with van der Waals surface area (Å²) < 4.78 is 39.1. The van der Waals surface area contributed by atoms with Crippen molar-refractivity contribution in [1.82, 2.24) is 14.3 Å². The zero-order valence-electron chi connectivity index (χ0n) is 16.3. The van der Waals surface area contributed by atoms with Crippen LogP contribution in [0.3, 0.4) is 0 Å². The molecule has 8 nitrogen and oxygen atoms in total. The van der Waals surface area contributed by atoms with Gasteiger partial charge < -0.3 is 9.47 Å². The lowest BCUT2D eigenvalue weighted by atomic mass is 10.1. The summed E-state index contributed by atoms with van der Waals surface area (Å²) in [6.07, 6.45) is 1.39. The van der Waals surface area contributed by atoms with Crippen molar-refractivity contribution in [3.8, 4) is 22.8 Å². The van der Waals surface area contributed by atoms with E-state index in [1.54, 1.807) is 31.4 Å². The molecule has 30 heavy (non-hydrogen) atoms. The van der Waals surface area contributed by atoms with Crippen molar-refractivity contribution in [3.63, 3.8) is 0 Å². The van der Waals surface area contributed by atoms with Crippen molar-refractivity contribution in [1.29, 1.82) is 0 Å². The number of hydrogen-bond acceptors (Lipinski definition) is 6. The fraction of sp³-hybridized carbons (Fsp3) is 0.200. The van der Waals surface area contributed by atoms with Gasteiger partial charge in [-0.05, 0) is 42.5 Å². The van der Waals surface area contributed by atoms with Crippen LogP contribution in [0.5, 0.6) is 11.5 Å². The largest absolute Gasteiger partial charge is 0.497 e. The molecule has 0 saturated heterocycles. The monoisotopic (exact) mass is 449 g/mol. The van der Waals surface area contributed by atoms with Crippen LogP contribution in [0.2, 0.25) is 5.02 Å². The fourth-order valence-corrected chi connectivity index (χ4v) is 4.20. The van der Waals surface area contributed by atoms with Gasteiger partial charge in [0.2, 0.25) is 10.0 Å². The summed E-state index contributed by atoms with van der Waals surface area (Å²) in [6, 6.07) is 12.9. The molecule has 0 bridgehead atoms. The Kier molecular flexibility index (Phi) is 6.76. The number of benzene rings is 2. The minimum atomic E-state index is -3.87. The smallest absolute Gasteiger partial charge is 0.253 e. The summed E-state index contributed by atoms with van der Waals surface area (Å²) in [5, 5.41) is 0.269. The molecule has 0 aliphatic heterocycles. The van der Waals surface area contributed by atoms with Gasteiger partial charge in [-0.1, -0.05) is 11.6 Å². The number of halogens is 1. The summed E-state index contributed by atoms with van der Waals surface area (Å²) in [6.45, 7) is 0.0955. The molecule has 0 radical (unpaired) electrons. The second-order valence-corrected chi connectivity index (χ2v) is 8.40. The van der Waals surface area contributed by atoms with Gasteiger partial charge in [0.05, 0.1) is 26.2 Å². The van der Waals surface area contributed by atoms with Gasteiger partial charge in [0, 0.05) is 29.7 Å². The SMILES string of the molecule is COc1ccc(-c2cc(=O)n(CCNS(=O)(=O)c3cc(Cl)ccc3OC)cn2)cc1. The van der Waals surface area contributed by atoms with Crippen molar-refractivity contribution < 1.29 is 17.9 Å². The van der Waals surface area contributed by atoms with Gasteiger partial charge in [-0.3, -0.25) is 9.36 Å². The third kappa shape index (κ3) is 4.99. The lowest BCUT2D eigenvalue weighted by molar-refractivity contribution is 0.402. The van der Waals surface area contributed by atoms with Gasteiger partial charge >= 0.3 is 0 Å². The zero-order valence-corrected chi connectivity index (χ0v) is 17.9. The molecule has 10 heteroatoms. The van der Waals surface area contributed by atoms with E-state index in [1.807, 2.05) is 0 Å². The van der Waals surface area contributed by atoms with Gasteiger partial charge in [-0.25, -0.2) is 18.1 Å². The third-order valence-electron chi connectivity index (χ3n) is 4.33. The lowest BCUT2D eigenvalue weighted by Crippen LogP contribution is -2.31. The van der Waals surface area contributed by atoms with Crippen LogP contribution >= 0.6 is 11.6 Å². The quantitative estimate of drug-likeness (QED) is 0.567. The standard InChI is InChI=1S/C20H20ClN3O5S/c1-28-16-6-3-14(4-7-16)17-12-20(25)24(13-22-17)10-9-23-30(26,27)19-11-15(21)5-8-18(19)29-2/h3-8,11-13,23H,9-10H2,1-2H3. The maximum atomic E-state index is 12.6. The van der Waals surface area contributed by atoms with Crippen LogP contribution in [0.25, 0.3) is 11.3 Å². The number of aromatic nitrogens is 2. The predicted molar refractivity (Wildman–Crippen MR) is 114 cm³/mol.